The van der Waals surface area contributed by atoms with Gasteiger partial charge in [-0.05, 0) is 55.7 Å². The molecule has 1 amide bonds. The summed E-state index contributed by atoms with van der Waals surface area (Å²) in [5, 5.41) is 2.90. The molecule has 6 nitrogen and oxygen atoms in total. The number of hydrogen-bond donors (Lipinski definition) is 1. The number of nitrogens with zero attached hydrogens (tertiary/aromatic N) is 2. The van der Waals surface area contributed by atoms with Gasteiger partial charge in [0, 0.05) is 18.2 Å². The van der Waals surface area contributed by atoms with E-state index in [0.717, 1.165) is 19.3 Å². The summed E-state index contributed by atoms with van der Waals surface area (Å²) < 4.78 is 11.6. The third-order valence-electron chi connectivity index (χ3n) is 4.91. The van der Waals surface area contributed by atoms with Crippen LogP contribution >= 0.6 is 0 Å². The normalized spacial score (nSPS) is 11.9. The lowest BCUT2D eigenvalue weighted by atomic mass is 10.1. The Morgan fingerprint density at radius 3 is 2.77 bits per heavy atom. The van der Waals surface area contributed by atoms with Crippen molar-refractivity contribution in [3.63, 3.8) is 0 Å². The third-order valence-corrected chi connectivity index (χ3v) is 4.91. The minimum Gasteiger partial charge on any atom is -0.487 e. The molecule has 2 aromatic carbocycles. The molecule has 0 fully saturated rings. The summed E-state index contributed by atoms with van der Waals surface area (Å²) in [6.45, 7) is 2.28. The number of fused-ring (bicyclic) bond motifs is 1. The molecule has 0 radical (unpaired) electrons. The van der Waals surface area contributed by atoms with Crippen molar-refractivity contribution in [2.24, 2.45) is 0 Å². The molecule has 0 unspecified atom stereocenters. The summed E-state index contributed by atoms with van der Waals surface area (Å²) in [4.78, 5) is 21.1. The van der Waals surface area contributed by atoms with E-state index >= 15 is 0 Å². The molecule has 0 saturated carbocycles. The zero-order valence-electron chi connectivity index (χ0n) is 17.5. The molecular formula is C25H25N3O3. The van der Waals surface area contributed by atoms with Gasteiger partial charge in [0.15, 0.2) is 11.5 Å². The van der Waals surface area contributed by atoms with E-state index in [2.05, 4.69) is 27.4 Å². The average Bonchev–Trinajstić information content (AvgIpc) is 3.21. The van der Waals surface area contributed by atoms with Gasteiger partial charge in [0.05, 0.1) is 12.7 Å². The zero-order valence-corrected chi connectivity index (χ0v) is 17.5. The first-order chi connectivity index (χ1) is 15.2. The Balaban J connectivity index is 1.31. The Kier molecular flexibility index (Phi) is 6.57. The molecule has 4 rings (SSSR count). The van der Waals surface area contributed by atoms with Gasteiger partial charge in [-0.2, -0.15) is 0 Å². The Bertz CT molecular complexity index is 1130. The number of oxazole rings is 1. The number of nitrogens with one attached hydrogen (secondary N) is 1. The highest BCUT2D eigenvalue weighted by atomic mass is 16.5. The van der Waals surface area contributed by atoms with E-state index in [9.17, 15) is 4.79 Å². The minimum atomic E-state index is -0.180. The summed E-state index contributed by atoms with van der Waals surface area (Å²) >= 11 is 0. The van der Waals surface area contributed by atoms with E-state index in [1.54, 1.807) is 30.6 Å². The Morgan fingerprint density at radius 2 is 1.97 bits per heavy atom. The number of rotatable bonds is 9. The number of hydrogen-bond acceptors (Lipinski definition) is 5. The van der Waals surface area contributed by atoms with Crippen molar-refractivity contribution in [1.29, 1.82) is 0 Å². The van der Waals surface area contributed by atoms with Gasteiger partial charge in [0.1, 0.15) is 17.4 Å². The van der Waals surface area contributed by atoms with Crippen molar-refractivity contribution < 1.29 is 13.9 Å². The number of aryl methyl sites for hydroxylation is 2. The quantitative estimate of drug-likeness (QED) is 0.432. The minimum absolute atomic E-state index is 0.169. The van der Waals surface area contributed by atoms with Crippen molar-refractivity contribution in [2.75, 3.05) is 6.54 Å². The van der Waals surface area contributed by atoms with Crippen LogP contribution in [-0.2, 0) is 12.8 Å². The summed E-state index contributed by atoms with van der Waals surface area (Å²) in [5.41, 5.74) is 3.24. The van der Waals surface area contributed by atoms with Crippen LogP contribution in [0.25, 0.3) is 11.1 Å². The number of aromatic nitrogens is 2. The summed E-state index contributed by atoms with van der Waals surface area (Å²) in [7, 11) is 0. The lowest BCUT2D eigenvalue weighted by Gasteiger charge is -2.15. The Hall–Kier alpha value is -3.67. The highest BCUT2D eigenvalue weighted by Crippen LogP contribution is 2.19. The number of pyridine rings is 1. The average molecular weight is 415 g/mol. The molecule has 0 aliphatic heterocycles. The first kappa shape index (κ1) is 20.6. The third kappa shape index (κ3) is 5.69. The van der Waals surface area contributed by atoms with Crippen LogP contribution in [0.5, 0.6) is 5.75 Å². The van der Waals surface area contributed by atoms with E-state index in [4.69, 9.17) is 9.15 Å². The van der Waals surface area contributed by atoms with E-state index in [1.165, 1.54) is 5.56 Å². The standard InChI is InChI=1S/C25H25N3O3/c1-18(30-21-10-6-14-26-17-21)16-27-25(29)20-12-13-23-22(15-20)28-24(31-23)11-5-9-19-7-3-2-4-8-19/h2-4,6-8,10,12-15,17-18H,5,9,11,16H2,1H3,(H,27,29)/t18-/m0/s1. The molecule has 1 N–H and O–H groups in total. The van der Waals surface area contributed by atoms with Gasteiger partial charge >= 0.3 is 0 Å². The van der Waals surface area contributed by atoms with Crippen molar-refractivity contribution in [3.8, 4) is 5.75 Å². The maximum atomic E-state index is 12.5. The van der Waals surface area contributed by atoms with Crippen molar-refractivity contribution in [2.45, 2.75) is 32.3 Å². The zero-order chi connectivity index (χ0) is 21.5. The molecule has 31 heavy (non-hydrogen) atoms. The van der Waals surface area contributed by atoms with Crippen molar-refractivity contribution in [3.05, 3.63) is 90.1 Å². The molecule has 2 heterocycles. The van der Waals surface area contributed by atoms with Crippen LogP contribution in [0.15, 0.2) is 77.5 Å². The lowest BCUT2D eigenvalue weighted by Crippen LogP contribution is -2.33. The predicted molar refractivity (Wildman–Crippen MR) is 119 cm³/mol. The molecule has 0 spiro atoms. The van der Waals surface area contributed by atoms with Gasteiger partial charge < -0.3 is 14.5 Å². The van der Waals surface area contributed by atoms with Crippen molar-refractivity contribution >= 4 is 17.0 Å². The van der Waals surface area contributed by atoms with E-state index in [0.29, 0.717) is 34.8 Å². The second-order valence-corrected chi connectivity index (χ2v) is 7.46. The monoisotopic (exact) mass is 415 g/mol. The second kappa shape index (κ2) is 9.89. The van der Waals surface area contributed by atoms with Crippen molar-refractivity contribution in [1.82, 2.24) is 15.3 Å². The highest BCUT2D eigenvalue weighted by molar-refractivity contribution is 5.97. The maximum absolute atomic E-state index is 12.5. The highest BCUT2D eigenvalue weighted by Gasteiger charge is 2.12. The van der Waals surface area contributed by atoms with Gasteiger partial charge in [-0.25, -0.2) is 4.98 Å². The van der Waals surface area contributed by atoms with E-state index < -0.39 is 0 Å². The number of benzene rings is 2. The number of carbonyl (C=O) groups excluding carboxylic acids is 1. The SMILES string of the molecule is C[C@@H](CNC(=O)c1ccc2oc(CCCc3ccccc3)nc2c1)Oc1cccnc1. The summed E-state index contributed by atoms with van der Waals surface area (Å²) in [5.74, 6) is 1.20. The van der Waals surface area contributed by atoms with Gasteiger partial charge in [-0.3, -0.25) is 9.78 Å². The number of carbonyl (C=O) groups is 1. The summed E-state index contributed by atoms with van der Waals surface area (Å²) in [6.07, 6.45) is 5.85. The number of amides is 1. The molecule has 0 bridgehead atoms. The molecule has 0 saturated heterocycles. The van der Waals surface area contributed by atoms with Crippen LogP contribution < -0.4 is 10.1 Å². The topological polar surface area (TPSA) is 77.2 Å². The maximum Gasteiger partial charge on any atom is 0.251 e. The van der Waals surface area contributed by atoms with E-state index in [1.807, 2.05) is 37.3 Å². The lowest BCUT2D eigenvalue weighted by molar-refractivity contribution is 0.0932. The van der Waals surface area contributed by atoms with E-state index in [-0.39, 0.29) is 12.0 Å². The Labute approximate surface area is 181 Å². The van der Waals surface area contributed by atoms with Crippen LogP contribution in [0.4, 0.5) is 0 Å². The van der Waals surface area contributed by atoms with Crippen LogP contribution in [0.1, 0.15) is 35.2 Å². The van der Waals surface area contributed by atoms with Crippen LogP contribution in [0, 0.1) is 0 Å². The van der Waals surface area contributed by atoms with Gasteiger partial charge in [0.2, 0.25) is 0 Å². The second-order valence-electron chi connectivity index (χ2n) is 7.46. The largest absolute Gasteiger partial charge is 0.487 e. The van der Waals surface area contributed by atoms with Crippen LogP contribution in [-0.4, -0.2) is 28.5 Å². The molecule has 2 aromatic heterocycles. The molecule has 4 aromatic rings. The summed E-state index contributed by atoms with van der Waals surface area (Å²) in [6, 6.07) is 19.3. The van der Waals surface area contributed by atoms with Gasteiger partial charge in [-0.1, -0.05) is 30.3 Å². The molecule has 0 aliphatic carbocycles. The molecular weight excluding hydrogens is 390 g/mol. The molecule has 6 heteroatoms. The Morgan fingerprint density at radius 1 is 1.10 bits per heavy atom. The fourth-order valence-corrected chi connectivity index (χ4v) is 3.34. The number of ether oxygens (including phenoxy) is 1. The van der Waals surface area contributed by atoms with Crippen LogP contribution in [0.2, 0.25) is 0 Å². The first-order valence-corrected chi connectivity index (χ1v) is 10.5. The molecule has 158 valence electrons. The van der Waals surface area contributed by atoms with Crippen LogP contribution in [0.3, 0.4) is 0 Å². The molecule has 1 atom stereocenters. The fraction of sp³-hybridized carbons (Fsp3) is 0.240. The first-order valence-electron chi connectivity index (χ1n) is 10.5. The van der Waals surface area contributed by atoms with Gasteiger partial charge in [-0.15, -0.1) is 0 Å². The molecule has 0 aliphatic rings. The smallest absolute Gasteiger partial charge is 0.251 e. The predicted octanol–water partition coefficient (Wildman–Crippen LogP) is 4.60. The van der Waals surface area contributed by atoms with Gasteiger partial charge in [0.25, 0.3) is 5.91 Å². The fourth-order valence-electron chi connectivity index (χ4n) is 3.34.